The lowest BCUT2D eigenvalue weighted by molar-refractivity contribution is 0.199. The summed E-state index contributed by atoms with van der Waals surface area (Å²) in [4.78, 5) is 0. The van der Waals surface area contributed by atoms with Crippen LogP contribution in [-0.4, -0.2) is 18.3 Å². The summed E-state index contributed by atoms with van der Waals surface area (Å²) in [6, 6.07) is 19.9. The van der Waals surface area contributed by atoms with Gasteiger partial charge in [0.25, 0.3) is 0 Å². The van der Waals surface area contributed by atoms with Gasteiger partial charge in [-0.1, -0.05) is 56.3 Å². The summed E-state index contributed by atoms with van der Waals surface area (Å²) in [5.41, 5.74) is 10.6. The molecule has 2 nitrogen and oxygen atoms in total. The van der Waals surface area contributed by atoms with Crippen molar-refractivity contribution in [3.05, 3.63) is 76.9 Å². The summed E-state index contributed by atoms with van der Waals surface area (Å²) in [5, 5.41) is 9.15. The Morgan fingerprint density at radius 2 is 1.52 bits per heavy atom. The second-order valence-electron chi connectivity index (χ2n) is 7.07. The summed E-state index contributed by atoms with van der Waals surface area (Å²) in [6.45, 7) is 4.71. The predicted octanol–water partition coefficient (Wildman–Crippen LogP) is 5.42. The van der Waals surface area contributed by atoms with E-state index < -0.39 is 0 Å². The molecular formula is C25H26O2. The molecule has 0 unspecified atom stereocenters. The van der Waals surface area contributed by atoms with E-state index >= 15 is 0 Å². The van der Waals surface area contributed by atoms with E-state index in [0.717, 1.165) is 25.0 Å². The predicted molar refractivity (Wildman–Crippen MR) is 111 cm³/mol. The first-order valence-corrected chi connectivity index (χ1v) is 9.86. The molecule has 0 aromatic heterocycles. The molecule has 0 aliphatic heterocycles. The topological polar surface area (TPSA) is 29.5 Å². The number of aliphatic hydroxyl groups excluding tert-OH is 1. The molecule has 0 saturated carbocycles. The number of aliphatic hydroxyl groups is 1. The average Bonchev–Trinajstić information content (AvgIpc) is 3.10. The Bertz CT molecular complexity index is 947. The Morgan fingerprint density at radius 3 is 2.22 bits per heavy atom. The SMILES string of the molecule is CCc1cc(-c2cccc3c2Cc2ccccc2-3)cc(CC)c1OCCO. The highest BCUT2D eigenvalue weighted by Crippen LogP contribution is 2.42. The van der Waals surface area contributed by atoms with Gasteiger partial charge in [0, 0.05) is 0 Å². The molecule has 0 radical (unpaired) electrons. The normalized spacial score (nSPS) is 12.0. The molecule has 0 amide bonds. The van der Waals surface area contributed by atoms with Gasteiger partial charge in [-0.25, -0.2) is 0 Å². The number of fused-ring (bicyclic) bond motifs is 3. The Hall–Kier alpha value is -2.58. The van der Waals surface area contributed by atoms with Crippen molar-refractivity contribution in [1.82, 2.24) is 0 Å². The third-order valence-electron chi connectivity index (χ3n) is 5.50. The van der Waals surface area contributed by atoms with Crippen LogP contribution in [0.2, 0.25) is 0 Å². The summed E-state index contributed by atoms with van der Waals surface area (Å²) < 4.78 is 5.88. The molecule has 0 atom stereocenters. The van der Waals surface area contributed by atoms with Crippen molar-refractivity contribution in [3.63, 3.8) is 0 Å². The molecule has 27 heavy (non-hydrogen) atoms. The van der Waals surface area contributed by atoms with Crippen LogP contribution in [0.3, 0.4) is 0 Å². The van der Waals surface area contributed by atoms with Crippen LogP contribution in [0.4, 0.5) is 0 Å². The highest BCUT2D eigenvalue weighted by atomic mass is 16.5. The fourth-order valence-electron chi connectivity index (χ4n) is 4.20. The van der Waals surface area contributed by atoms with Crippen LogP contribution in [-0.2, 0) is 19.3 Å². The fourth-order valence-corrected chi connectivity index (χ4v) is 4.20. The zero-order chi connectivity index (χ0) is 18.8. The fraction of sp³-hybridized carbons (Fsp3) is 0.280. The molecule has 0 spiro atoms. The van der Waals surface area contributed by atoms with Crippen molar-refractivity contribution in [3.8, 4) is 28.0 Å². The van der Waals surface area contributed by atoms with E-state index in [-0.39, 0.29) is 6.61 Å². The van der Waals surface area contributed by atoms with Gasteiger partial charge in [-0.05, 0) is 75.9 Å². The summed E-state index contributed by atoms with van der Waals surface area (Å²) in [5.74, 6) is 0.952. The molecule has 138 valence electrons. The van der Waals surface area contributed by atoms with Crippen molar-refractivity contribution in [2.45, 2.75) is 33.1 Å². The molecule has 1 aliphatic carbocycles. The quantitative estimate of drug-likeness (QED) is 0.499. The first kappa shape index (κ1) is 17.8. The maximum Gasteiger partial charge on any atom is 0.125 e. The Kier molecular flexibility index (Phi) is 5.00. The van der Waals surface area contributed by atoms with E-state index in [9.17, 15) is 0 Å². The number of rotatable bonds is 6. The second-order valence-corrected chi connectivity index (χ2v) is 7.07. The van der Waals surface area contributed by atoms with Crippen molar-refractivity contribution >= 4 is 0 Å². The van der Waals surface area contributed by atoms with Crippen LogP contribution in [0.1, 0.15) is 36.1 Å². The molecule has 2 heteroatoms. The lowest BCUT2D eigenvalue weighted by Crippen LogP contribution is -2.06. The molecule has 1 aliphatic rings. The highest BCUT2D eigenvalue weighted by molar-refractivity contribution is 5.85. The minimum Gasteiger partial charge on any atom is -0.491 e. The van der Waals surface area contributed by atoms with E-state index in [4.69, 9.17) is 9.84 Å². The highest BCUT2D eigenvalue weighted by Gasteiger charge is 2.22. The van der Waals surface area contributed by atoms with Crippen molar-refractivity contribution in [1.29, 1.82) is 0 Å². The van der Waals surface area contributed by atoms with Crippen LogP contribution in [0.25, 0.3) is 22.3 Å². The molecule has 0 fully saturated rings. The van der Waals surface area contributed by atoms with E-state index in [2.05, 4.69) is 68.4 Å². The number of hydrogen-bond donors (Lipinski definition) is 1. The molecule has 3 aromatic carbocycles. The monoisotopic (exact) mass is 358 g/mol. The largest absolute Gasteiger partial charge is 0.491 e. The average molecular weight is 358 g/mol. The Balaban J connectivity index is 1.84. The molecule has 0 heterocycles. The minimum atomic E-state index is 0.0402. The van der Waals surface area contributed by atoms with Gasteiger partial charge in [-0.3, -0.25) is 0 Å². The van der Waals surface area contributed by atoms with Crippen LogP contribution in [0.5, 0.6) is 5.75 Å². The minimum absolute atomic E-state index is 0.0402. The Morgan fingerprint density at radius 1 is 0.852 bits per heavy atom. The molecule has 1 N–H and O–H groups in total. The number of aryl methyl sites for hydroxylation is 2. The molecule has 4 rings (SSSR count). The summed E-state index contributed by atoms with van der Waals surface area (Å²) >= 11 is 0. The van der Waals surface area contributed by atoms with Gasteiger partial charge in [-0.15, -0.1) is 0 Å². The van der Waals surface area contributed by atoms with Gasteiger partial charge in [0.05, 0.1) is 6.61 Å². The lowest BCUT2D eigenvalue weighted by Gasteiger charge is -2.18. The standard InChI is InChI=1S/C25H26O2/c1-3-17-14-20(15-18(4-2)25(17)27-13-12-26)22-10-7-11-23-21-9-6-5-8-19(21)16-24(22)23/h5-11,14-15,26H,3-4,12-13,16H2,1-2H3. The Labute approximate surface area is 161 Å². The first-order chi connectivity index (χ1) is 13.3. The molecule has 3 aromatic rings. The van der Waals surface area contributed by atoms with E-state index in [0.29, 0.717) is 6.61 Å². The van der Waals surface area contributed by atoms with Crippen LogP contribution >= 0.6 is 0 Å². The van der Waals surface area contributed by atoms with Crippen molar-refractivity contribution < 1.29 is 9.84 Å². The maximum absolute atomic E-state index is 9.15. The second kappa shape index (κ2) is 7.58. The van der Waals surface area contributed by atoms with Gasteiger partial charge in [-0.2, -0.15) is 0 Å². The number of benzene rings is 3. The zero-order valence-electron chi connectivity index (χ0n) is 16.1. The van der Waals surface area contributed by atoms with Gasteiger partial charge < -0.3 is 9.84 Å². The van der Waals surface area contributed by atoms with Crippen molar-refractivity contribution in [2.24, 2.45) is 0 Å². The van der Waals surface area contributed by atoms with Gasteiger partial charge >= 0.3 is 0 Å². The van der Waals surface area contributed by atoms with Gasteiger partial charge in [0.1, 0.15) is 12.4 Å². The van der Waals surface area contributed by atoms with Crippen LogP contribution in [0, 0.1) is 0 Å². The lowest BCUT2D eigenvalue weighted by atomic mass is 9.91. The zero-order valence-corrected chi connectivity index (χ0v) is 16.1. The number of ether oxygens (including phenoxy) is 1. The van der Waals surface area contributed by atoms with Crippen LogP contribution < -0.4 is 4.74 Å². The third-order valence-corrected chi connectivity index (χ3v) is 5.50. The van der Waals surface area contributed by atoms with Gasteiger partial charge in [0.15, 0.2) is 0 Å². The van der Waals surface area contributed by atoms with E-state index in [1.807, 2.05) is 0 Å². The maximum atomic E-state index is 9.15. The first-order valence-electron chi connectivity index (χ1n) is 9.86. The summed E-state index contributed by atoms with van der Waals surface area (Å²) in [7, 11) is 0. The van der Waals surface area contributed by atoms with Gasteiger partial charge in [0.2, 0.25) is 0 Å². The van der Waals surface area contributed by atoms with Crippen LogP contribution in [0.15, 0.2) is 54.6 Å². The smallest absolute Gasteiger partial charge is 0.125 e. The van der Waals surface area contributed by atoms with Crippen molar-refractivity contribution in [2.75, 3.05) is 13.2 Å². The molecule has 0 bridgehead atoms. The molecular weight excluding hydrogens is 332 g/mol. The molecule has 0 saturated heterocycles. The number of hydrogen-bond acceptors (Lipinski definition) is 2. The third kappa shape index (κ3) is 3.15. The van der Waals surface area contributed by atoms with E-state index in [1.165, 1.54) is 44.5 Å². The summed E-state index contributed by atoms with van der Waals surface area (Å²) in [6.07, 6.45) is 2.82. The van der Waals surface area contributed by atoms with E-state index in [1.54, 1.807) is 0 Å².